The number of rotatable bonds is 5. The van der Waals surface area contributed by atoms with Gasteiger partial charge in [-0.3, -0.25) is 9.97 Å². The van der Waals surface area contributed by atoms with Crippen molar-refractivity contribution in [3.05, 3.63) is 109 Å². The first-order valence-electron chi connectivity index (χ1n) is 13.4. The van der Waals surface area contributed by atoms with E-state index in [9.17, 15) is 0 Å². The van der Waals surface area contributed by atoms with E-state index >= 15 is 0 Å². The molecule has 204 valence electrons. The first kappa shape index (κ1) is 27.4. The van der Waals surface area contributed by atoms with Crippen molar-refractivity contribution in [2.45, 2.75) is 57.3 Å². The number of fused-ring (bicyclic) bond motifs is 1. The number of para-hydroxylation sites is 2. The molecule has 2 aromatic carbocycles. The van der Waals surface area contributed by atoms with Crippen LogP contribution in [0.25, 0.3) is 0 Å². The van der Waals surface area contributed by atoms with Gasteiger partial charge in [0.1, 0.15) is 5.88 Å². The van der Waals surface area contributed by atoms with Gasteiger partial charge in [0.25, 0.3) is 0 Å². The van der Waals surface area contributed by atoms with Crippen molar-refractivity contribution in [2.75, 3.05) is 16.8 Å². The molecule has 0 N–H and O–H groups in total. The minimum atomic E-state index is -0.154. The number of aromatic nitrogens is 2. The Bertz CT molecular complexity index is 1460. The van der Waals surface area contributed by atoms with Crippen LogP contribution in [0.5, 0.6) is 11.6 Å². The van der Waals surface area contributed by atoms with Crippen LogP contribution in [0.1, 0.15) is 63.3 Å². The fourth-order valence-corrected chi connectivity index (χ4v) is 5.70. The molecule has 0 spiro atoms. The smallest absolute Gasteiger partial charge is 0.123 e. The molecule has 0 radical (unpaired) electrons. The van der Waals surface area contributed by atoms with Crippen LogP contribution in [-0.4, -0.2) is 17.0 Å². The summed E-state index contributed by atoms with van der Waals surface area (Å²) in [6.45, 7) is 8.81. The molecule has 1 aliphatic carbocycles. The molecule has 39 heavy (non-hydrogen) atoms. The van der Waals surface area contributed by atoms with E-state index in [0.717, 1.165) is 41.2 Å². The molecule has 1 aliphatic heterocycles. The Morgan fingerprint density at radius 1 is 0.897 bits per heavy atom. The largest absolute Gasteiger partial charge is 0.504 e. The van der Waals surface area contributed by atoms with E-state index in [1.807, 2.05) is 37.5 Å². The monoisotopic (exact) mass is 696 g/mol. The number of nitrogens with zero attached hydrogens (tertiary/aromatic N) is 4. The number of pyridine rings is 2. The Hall–Kier alpha value is -3.17. The van der Waals surface area contributed by atoms with Gasteiger partial charge in [-0.25, -0.2) is 0 Å². The second-order valence-electron chi connectivity index (χ2n) is 11.3. The number of benzene rings is 2. The fraction of sp³-hybridized carbons (Fsp3) is 0.303. The van der Waals surface area contributed by atoms with Gasteiger partial charge < -0.3 is 14.5 Å². The van der Waals surface area contributed by atoms with E-state index in [4.69, 9.17) is 9.72 Å². The molecule has 0 amide bonds. The summed E-state index contributed by atoms with van der Waals surface area (Å²) in [6.07, 6.45) is 8.21. The van der Waals surface area contributed by atoms with Crippen molar-refractivity contribution in [1.29, 1.82) is 0 Å². The molecule has 5 nitrogen and oxygen atoms in total. The summed E-state index contributed by atoms with van der Waals surface area (Å²) in [7, 11) is 2.04. The zero-order valence-electron chi connectivity index (χ0n) is 22.8. The molecule has 2 aromatic heterocycles. The van der Waals surface area contributed by atoms with Crippen LogP contribution in [0.4, 0.5) is 17.1 Å². The molecule has 1 saturated carbocycles. The van der Waals surface area contributed by atoms with Gasteiger partial charge in [0.05, 0.1) is 0 Å². The Balaban J connectivity index is 0.00000308. The minimum absolute atomic E-state index is 0. The normalized spacial score (nSPS) is 16.1. The molecule has 0 saturated heterocycles. The molecule has 6 rings (SSSR count). The average Bonchev–Trinajstić information content (AvgIpc) is 3.55. The van der Waals surface area contributed by atoms with Crippen LogP contribution in [0.3, 0.4) is 0 Å². The first-order chi connectivity index (χ1) is 18.3. The molecule has 4 aromatic rings. The van der Waals surface area contributed by atoms with E-state index in [0.29, 0.717) is 11.6 Å². The molecular weight excluding hydrogens is 663 g/mol. The molecule has 3 heterocycles. The van der Waals surface area contributed by atoms with Crippen LogP contribution in [0, 0.1) is 18.8 Å². The Labute approximate surface area is 246 Å². The van der Waals surface area contributed by atoms with E-state index in [1.54, 1.807) is 6.20 Å². The summed E-state index contributed by atoms with van der Waals surface area (Å²) < 4.78 is 6.26. The number of anilines is 3. The van der Waals surface area contributed by atoms with Gasteiger partial charge in [0.2, 0.25) is 0 Å². The fourth-order valence-electron chi connectivity index (χ4n) is 5.70. The number of hydrogen-bond donors (Lipinski definition) is 0. The molecule has 2 aliphatic rings. The summed E-state index contributed by atoms with van der Waals surface area (Å²) in [5, 5.41) is 0. The third-order valence-corrected chi connectivity index (χ3v) is 7.79. The van der Waals surface area contributed by atoms with Gasteiger partial charge in [0.15, 0.2) is 0 Å². The summed E-state index contributed by atoms with van der Waals surface area (Å²) >= 11 is 0. The Morgan fingerprint density at radius 3 is 2.41 bits per heavy atom. The number of ether oxygens (including phenoxy) is 1. The maximum absolute atomic E-state index is 6.26. The van der Waals surface area contributed by atoms with Crippen LogP contribution in [0.15, 0.2) is 73.1 Å². The van der Waals surface area contributed by atoms with E-state index in [-0.39, 0.29) is 31.9 Å². The van der Waals surface area contributed by atoms with Gasteiger partial charge in [-0.05, 0) is 61.3 Å². The average molecular weight is 697 g/mol. The van der Waals surface area contributed by atoms with Gasteiger partial charge in [0, 0.05) is 55.5 Å². The van der Waals surface area contributed by atoms with E-state index < -0.39 is 0 Å². The van der Waals surface area contributed by atoms with E-state index in [1.165, 1.54) is 18.4 Å². The van der Waals surface area contributed by atoms with Crippen molar-refractivity contribution in [1.82, 2.24) is 9.97 Å². The van der Waals surface area contributed by atoms with Crippen molar-refractivity contribution in [3.63, 3.8) is 0 Å². The van der Waals surface area contributed by atoms with Crippen molar-refractivity contribution >= 4 is 17.1 Å². The van der Waals surface area contributed by atoms with Gasteiger partial charge in [-0.1, -0.05) is 45.7 Å². The van der Waals surface area contributed by atoms with Crippen LogP contribution in [-0.2, 0) is 31.9 Å². The van der Waals surface area contributed by atoms with E-state index in [2.05, 4.69) is 90.8 Å². The molecule has 1 fully saturated rings. The van der Waals surface area contributed by atoms with Crippen LogP contribution < -0.4 is 14.5 Å². The van der Waals surface area contributed by atoms with Crippen LogP contribution >= 0.6 is 0 Å². The molecule has 0 atom stereocenters. The summed E-state index contributed by atoms with van der Waals surface area (Å²) in [6, 6.07) is 27.8. The maximum Gasteiger partial charge on any atom is 0.123 e. The quantitative estimate of drug-likeness (QED) is 0.200. The summed E-state index contributed by atoms with van der Waals surface area (Å²) in [4.78, 5) is 13.5. The first-order valence-corrected chi connectivity index (χ1v) is 13.4. The van der Waals surface area contributed by atoms with Gasteiger partial charge in [-0.2, -0.15) is 36.6 Å². The summed E-state index contributed by atoms with van der Waals surface area (Å²) in [5.74, 6) is 1.06. The predicted octanol–water partition coefficient (Wildman–Crippen LogP) is 7.73. The van der Waals surface area contributed by atoms with Crippen LogP contribution in [0.2, 0.25) is 0 Å². The second kappa shape index (κ2) is 10.8. The maximum atomic E-state index is 6.26. The Kier molecular flexibility index (Phi) is 7.57. The third-order valence-electron chi connectivity index (χ3n) is 7.79. The summed E-state index contributed by atoms with van der Waals surface area (Å²) in [5.41, 5.74) is 6.61. The van der Waals surface area contributed by atoms with Gasteiger partial charge in [-0.15, -0.1) is 17.7 Å². The van der Waals surface area contributed by atoms with Crippen molar-refractivity contribution in [3.8, 4) is 11.6 Å². The zero-order valence-corrected chi connectivity index (χ0v) is 25.1. The SMILES string of the molecule is CN1[CH-]N(c2[c-]c(Oc3[c-]c(C4(c5cc(C(C)(C)C)ccn5)CCCC4)ccc3)ncc2)c2ccccc21.[Pt]. The third kappa shape index (κ3) is 5.22. The molecule has 0 unspecified atom stereocenters. The second-order valence-corrected chi connectivity index (χ2v) is 11.3. The minimum Gasteiger partial charge on any atom is -0.504 e. The van der Waals surface area contributed by atoms with Gasteiger partial charge >= 0.3 is 0 Å². The number of hydrogen-bond acceptors (Lipinski definition) is 5. The zero-order chi connectivity index (χ0) is 26.3. The Morgan fingerprint density at radius 2 is 1.64 bits per heavy atom. The predicted molar refractivity (Wildman–Crippen MR) is 152 cm³/mol. The topological polar surface area (TPSA) is 41.5 Å². The molecule has 0 bridgehead atoms. The van der Waals surface area contributed by atoms with Crippen molar-refractivity contribution < 1.29 is 25.8 Å². The molecular formula is C33H33N4OPt-3. The van der Waals surface area contributed by atoms with Crippen molar-refractivity contribution in [2.24, 2.45) is 0 Å². The standard InChI is InChI=1S/C33H33N4O.Pt/c1-32(2,3)24-14-18-34-30(21-24)33(16-7-8-17-33)25-10-9-11-27(20-25)38-31-22-26(15-19-35-31)37-23-36(4)28-12-5-6-13-29(28)37;/h5-6,9-15,18-19,21,23H,7-8,16-17H2,1-4H3;/q-3;. The molecule has 6 heteroatoms.